The number of piperazine rings is 1. The third-order valence-corrected chi connectivity index (χ3v) is 4.11. The first kappa shape index (κ1) is 16.0. The molecule has 0 radical (unpaired) electrons. The molecule has 0 atom stereocenters. The molecule has 0 aromatic heterocycles. The Morgan fingerprint density at radius 1 is 1.19 bits per heavy atom. The van der Waals surface area contributed by atoms with Gasteiger partial charge in [0, 0.05) is 32.7 Å². The van der Waals surface area contributed by atoms with Crippen LogP contribution in [0.25, 0.3) is 0 Å². The zero-order valence-electron chi connectivity index (χ0n) is 13.5. The highest BCUT2D eigenvalue weighted by Gasteiger charge is 2.13. The summed E-state index contributed by atoms with van der Waals surface area (Å²) < 4.78 is 0. The number of nitrogens with one attached hydrogen (secondary N) is 2. The molecule has 1 aromatic carbocycles. The van der Waals surface area contributed by atoms with E-state index in [1.54, 1.807) is 0 Å². The first-order valence-corrected chi connectivity index (χ1v) is 7.83. The molecule has 1 heterocycles. The van der Waals surface area contributed by atoms with Gasteiger partial charge in [-0.05, 0) is 43.9 Å². The van der Waals surface area contributed by atoms with Crippen LogP contribution in [0.4, 0.5) is 0 Å². The summed E-state index contributed by atoms with van der Waals surface area (Å²) in [5.74, 6) is 0.138. The van der Waals surface area contributed by atoms with E-state index < -0.39 is 0 Å². The van der Waals surface area contributed by atoms with E-state index in [2.05, 4.69) is 48.4 Å². The molecule has 116 valence electrons. The SMILES string of the molecule is Cc1cc(C)c(CCNC(=O)CN2CCNCC2)c(C)c1. The molecule has 1 amide bonds. The van der Waals surface area contributed by atoms with Gasteiger partial charge in [-0.3, -0.25) is 9.69 Å². The lowest BCUT2D eigenvalue weighted by Gasteiger charge is -2.26. The predicted molar refractivity (Wildman–Crippen MR) is 86.7 cm³/mol. The maximum Gasteiger partial charge on any atom is 0.234 e. The van der Waals surface area contributed by atoms with Crippen molar-refractivity contribution in [2.24, 2.45) is 0 Å². The molecule has 21 heavy (non-hydrogen) atoms. The number of rotatable bonds is 5. The lowest BCUT2D eigenvalue weighted by atomic mass is 9.97. The first-order chi connectivity index (χ1) is 10.1. The van der Waals surface area contributed by atoms with Crippen LogP contribution in [-0.2, 0) is 11.2 Å². The van der Waals surface area contributed by atoms with E-state index in [1.165, 1.54) is 22.3 Å². The highest BCUT2D eigenvalue weighted by atomic mass is 16.2. The van der Waals surface area contributed by atoms with Crippen LogP contribution in [0.15, 0.2) is 12.1 Å². The molecule has 4 heteroatoms. The zero-order chi connectivity index (χ0) is 15.2. The fraction of sp³-hybridized carbons (Fsp3) is 0.588. The van der Waals surface area contributed by atoms with Crippen molar-refractivity contribution < 1.29 is 4.79 Å². The fourth-order valence-corrected chi connectivity index (χ4v) is 3.06. The summed E-state index contributed by atoms with van der Waals surface area (Å²) in [5, 5.41) is 6.34. The molecule has 1 aliphatic heterocycles. The molecule has 2 rings (SSSR count). The van der Waals surface area contributed by atoms with Gasteiger partial charge in [-0.25, -0.2) is 0 Å². The van der Waals surface area contributed by atoms with Gasteiger partial charge in [0.15, 0.2) is 0 Å². The average Bonchev–Trinajstić information content (AvgIpc) is 2.42. The number of hydrogen-bond donors (Lipinski definition) is 2. The summed E-state index contributed by atoms with van der Waals surface area (Å²) in [4.78, 5) is 14.2. The third kappa shape index (κ3) is 4.83. The third-order valence-electron chi connectivity index (χ3n) is 4.11. The normalized spacial score (nSPS) is 16.0. The van der Waals surface area contributed by atoms with E-state index in [-0.39, 0.29) is 5.91 Å². The Bertz CT molecular complexity index is 470. The van der Waals surface area contributed by atoms with Crippen LogP contribution in [0.5, 0.6) is 0 Å². The summed E-state index contributed by atoms with van der Waals surface area (Å²) in [6.45, 7) is 11.6. The lowest BCUT2D eigenvalue weighted by molar-refractivity contribution is -0.122. The van der Waals surface area contributed by atoms with Crippen LogP contribution in [0.1, 0.15) is 22.3 Å². The highest BCUT2D eigenvalue weighted by molar-refractivity contribution is 5.78. The van der Waals surface area contributed by atoms with E-state index >= 15 is 0 Å². The fourth-order valence-electron chi connectivity index (χ4n) is 3.06. The molecule has 1 aromatic rings. The average molecular weight is 289 g/mol. The van der Waals surface area contributed by atoms with Crippen LogP contribution in [0.2, 0.25) is 0 Å². The molecule has 0 bridgehead atoms. The predicted octanol–water partition coefficient (Wildman–Crippen LogP) is 1.18. The number of carbonyl (C=O) groups is 1. The maximum atomic E-state index is 12.0. The van der Waals surface area contributed by atoms with Crippen molar-refractivity contribution in [2.75, 3.05) is 39.3 Å². The molecule has 1 saturated heterocycles. The van der Waals surface area contributed by atoms with Gasteiger partial charge in [0.1, 0.15) is 0 Å². The van der Waals surface area contributed by atoms with Gasteiger partial charge in [0.2, 0.25) is 5.91 Å². The minimum atomic E-state index is 0.138. The maximum absolute atomic E-state index is 12.0. The smallest absolute Gasteiger partial charge is 0.234 e. The van der Waals surface area contributed by atoms with E-state index in [0.29, 0.717) is 6.54 Å². The Hall–Kier alpha value is -1.39. The number of benzene rings is 1. The summed E-state index contributed by atoms with van der Waals surface area (Å²) in [7, 11) is 0. The summed E-state index contributed by atoms with van der Waals surface area (Å²) in [6.07, 6.45) is 0.908. The van der Waals surface area contributed by atoms with Gasteiger partial charge in [-0.2, -0.15) is 0 Å². The molecule has 2 N–H and O–H groups in total. The van der Waals surface area contributed by atoms with E-state index in [9.17, 15) is 4.79 Å². The summed E-state index contributed by atoms with van der Waals surface area (Å²) in [5.41, 5.74) is 5.31. The molecule has 0 saturated carbocycles. The summed E-state index contributed by atoms with van der Waals surface area (Å²) >= 11 is 0. The molecule has 0 unspecified atom stereocenters. The van der Waals surface area contributed by atoms with Crippen LogP contribution >= 0.6 is 0 Å². The summed E-state index contributed by atoms with van der Waals surface area (Å²) in [6, 6.07) is 4.43. The van der Waals surface area contributed by atoms with Crippen molar-refractivity contribution >= 4 is 5.91 Å². The first-order valence-electron chi connectivity index (χ1n) is 7.83. The highest BCUT2D eigenvalue weighted by Crippen LogP contribution is 2.16. The Balaban J connectivity index is 1.77. The van der Waals surface area contributed by atoms with Crippen LogP contribution in [0.3, 0.4) is 0 Å². The van der Waals surface area contributed by atoms with Crippen molar-refractivity contribution in [2.45, 2.75) is 27.2 Å². The molecular weight excluding hydrogens is 262 g/mol. The standard InChI is InChI=1S/C17H27N3O/c1-13-10-14(2)16(15(3)11-13)4-5-19-17(21)12-20-8-6-18-7-9-20/h10-11,18H,4-9,12H2,1-3H3,(H,19,21). The van der Waals surface area contributed by atoms with Gasteiger partial charge in [0.25, 0.3) is 0 Å². The number of aryl methyl sites for hydroxylation is 3. The van der Waals surface area contributed by atoms with E-state index in [4.69, 9.17) is 0 Å². The molecular formula is C17H27N3O. The van der Waals surface area contributed by atoms with Crippen molar-refractivity contribution in [1.29, 1.82) is 0 Å². The molecule has 4 nitrogen and oxygen atoms in total. The Kier molecular flexibility index (Phi) is 5.76. The second-order valence-corrected chi connectivity index (χ2v) is 6.00. The molecule has 0 spiro atoms. The number of amides is 1. The number of carbonyl (C=O) groups excluding carboxylic acids is 1. The lowest BCUT2D eigenvalue weighted by Crippen LogP contribution is -2.47. The Morgan fingerprint density at radius 3 is 2.43 bits per heavy atom. The molecule has 1 fully saturated rings. The van der Waals surface area contributed by atoms with Gasteiger partial charge >= 0.3 is 0 Å². The van der Waals surface area contributed by atoms with Gasteiger partial charge in [-0.15, -0.1) is 0 Å². The monoisotopic (exact) mass is 289 g/mol. The quantitative estimate of drug-likeness (QED) is 0.855. The molecule has 1 aliphatic rings. The minimum Gasteiger partial charge on any atom is -0.355 e. The topological polar surface area (TPSA) is 44.4 Å². The Morgan fingerprint density at radius 2 is 1.81 bits per heavy atom. The van der Waals surface area contributed by atoms with Crippen molar-refractivity contribution in [3.63, 3.8) is 0 Å². The largest absolute Gasteiger partial charge is 0.355 e. The number of nitrogens with zero attached hydrogens (tertiary/aromatic N) is 1. The number of hydrogen-bond acceptors (Lipinski definition) is 3. The van der Waals surface area contributed by atoms with Gasteiger partial charge < -0.3 is 10.6 Å². The second kappa shape index (κ2) is 7.57. The van der Waals surface area contributed by atoms with Crippen LogP contribution in [-0.4, -0.2) is 50.1 Å². The van der Waals surface area contributed by atoms with Crippen molar-refractivity contribution in [1.82, 2.24) is 15.5 Å². The molecule has 0 aliphatic carbocycles. The van der Waals surface area contributed by atoms with E-state index in [1.807, 2.05) is 0 Å². The second-order valence-electron chi connectivity index (χ2n) is 6.00. The van der Waals surface area contributed by atoms with Gasteiger partial charge in [-0.1, -0.05) is 17.7 Å². The van der Waals surface area contributed by atoms with Crippen molar-refractivity contribution in [3.8, 4) is 0 Å². The minimum absolute atomic E-state index is 0.138. The van der Waals surface area contributed by atoms with Crippen LogP contribution < -0.4 is 10.6 Å². The van der Waals surface area contributed by atoms with Crippen LogP contribution in [0, 0.1) is 20.8 Å². The van der Waals surface area contributed by atoms with E-state index in [0.717, 1.165) is 39.1 Å². The Labute approximate surface area is 127 Å². The zero-order valence-corrected chi connectivity index (χ0v) is 13.5. The van der Waals surface area contributed by atoms with Crippen molar-refractivity contribution in [3.05, 3.63) is 34.4 Å². The van der Waals surface area contributed by atoms with Gasteiger partial charge in [0.05, 0.1) is 6.54 Å².